The van der Waals surface area contributed by atoms with Crippen molar-refractivity contribution in [2.24, 2.45) is 5.73 Å². The van der Waals surface area contributed by atoms with Gasteiger partial charge >= 0.3 is 0 Å². The van der Waals surface area contributed by atoms with Gasteiger partial charge in [0.2, 0.25) is 0 Å². The summed E-state index contributed by atoms with van der Waals surface area (Å²) in [5, 5.41) is 0. The van der Waals surface area contributed by atoms with E-state index >= 15 is 0 Å². The number of aromatic nitrogens is 2. The van der Waals surface area contributed by atoms with E-state index < -0.39 is 5.82 Å². The molecule has 0 spiro atoms. The predicted octanol–water partition coefficient (Wildman–Crippen LogP) is 0.678. The summed E-state index contributed by atoms with van der Waals surface area (Å²) < 4.78 is 12.3. The second-order valence-corrected chi connectivity index (χ2v) is 2.40. The molecule has 0 aliphatic heterocycles. The van der Waals surface area contributed by atoms with E-state index in [9.17, 15) is 4.39 Å². The third kappa shape index (κ3) is 1.94. The zero-order valence-corrected chi connectivity index (χ0v) is 6.29. The van der Waals surface area contributed by atoms with Crippen LogP contribution in [0, 0.1) is 5.82 Å². The molecule has 1 aromatic heterocycles. The zero-order chi connectivity index (χ0) is 8.27. The number of hydrogen-bond acceptors (Lipinski definition) is 3. The molecular weight excluding hydrogens is 145 g/mol. The molecule has 0 aromatic carbocycles. The van der Waals surface area contributed by atoms with Crippen molar-refractivity contribution in [3.05, 3.63) is 24.0 Å². The van der Waals surface area contributed by atoms with E-state index in [1.54, 1.807) is 0 Å². The highest BCUT2D eigenvalue weighted by atomic mass is 19.1. The predicted molar refractivity (Wildman–Crippen MR) is 39.5 cm³/mol. The molecule has 4 heteroatoms. The van der Waals surface area contributed by atoms with Gasteiger partial charge in [0, 0.05) is 12.5 Å². The molecule has 0 aliphatic carbocycles. The van der Waals surface area contributed by atoms with E-state index in [2.05, 4.69) is 9.97 Å². The van der Waals surface area contributed by atoms with Crippen molar-refractivity contribution in [3.8, 4) is 0 Å². The van der Waals surface area contributed by atoms with Crippen molar-refractivity contribution < 1.29 is 4.39 Å². The number of rotatable bonds is 2. The first kappa shape index (κ1) is 8.07. The monoisotopic (exact) mass is 155 g/mol. The van der Waals surface area contributed by atoms with Crippen LogP contribution in [0.3, 0.4) is 0 Å². The van der Waals surface area contributed by atoms with Crippen LogP contribution >= 0.6 is 0 Å². The summed E-state index contributed by atoms with van der Waals surface area (Å²) in [5.41, 5.74) is 5.37. The molecule has 1 aromatic rings. The molecule has 3 nitrogen and oxygen atoms in total. The maximum Gasteiger partial charge on any atom is 0.159 e. The second kappa shape index (κ2) is 3.39. The van der Waals surface area contributed by atoms with Gasteiger partial charge in [-0.2, -0.15) is 0 Å². The van der Waals surface area contributed by atoms with Gasteiger partial charge in [-0.15, -0.1) is 0 Å². The van der Waals surface area contributed by atoms with Gasteiger partial charge in [-0.1, -0.05) is 6.92 Å². The first-order valence-corrected chi connectivity index (χ1v) is 3.41. The lowest BCUT2D eigenvalue weighted by molar-refractivity contribution is 0.600. The summed E-state index contributed by atoms with van der Waals surface area (Å²) in [5.74, 6) is 0.266. The van der Waals surface area contributed by atoms with Gasteiger partial charge in [0.25, 0.3) is 0 Å². The molecular formula is C7H10FN3. The molecule has 0 bridgehead atoms. The molecule has 0 aliphatic rings. The molecule has 1 heterocycles. The second-order valence-electron chi connectivity index (χ2n) is 2.40. The summed E-state index contributed by atoms with van der Waals surface area (Å²) in [6.07, 6.45) is 2.29. The SMILES string of the molecule is CC(CN)c1ncc(F)cn1. The van der Waals surface area contributed by atoms with Crippen LogP contribution in [-0.4, -0.2) is 16.5 Å². The van der Waals surface area contributed by atoms with Crippen LogP contribution in [-0.2, 0) is 0 Å². The molecule has 1 unspecified atom stereocenters. The molecule has 0 saturated heterocycles. The smallest absolute Gasteiger partial charge is 0.159 e. The summed E-state index contributed by atoms with van der Waals surface area (Å²) in [6, 6.07) is 0. The van der Waals surface area contributed by atoms with Crippen molar-refractivity contribution in [1.82, 2.24) is 9.97 Å². The van der Waals surface area contributed by atoms with Gasteiger partial charge in [-0.25, -0.2) is 14.4 Å². The number of hydrogen-bond donors (Lipinski definition) is 1. The van der Waals surface area contributed by atoms with E-state index in [1.807, 2.05) is 6.92 Å². The summed E-state index contributed by atoms with van der Waals surface area (Å²) in [7, 11) is 0. The van der Waals surface area contributed by atoms with E-state index in [0.29, 0.717) is 12.4 Å². The minimum absolute atomic E-state index is 0.0931. The highest BCUT2D eigenvalue weighted by molar-refractivity contribution is 4.96. The molecule has 1 atom stereocenters. The summed E-state index contributed by atoms with van der Waals surface area (Å²) >= 11 is 0. The van der Waals surface area contributed by atoms with Gasteiger partial charge in [0.1, 0.15) is 5.82 Å². The van der Waals surface area contributed by atoms with Gasteiger partial charge in [0.05, 0.1) is 12.4 Å². The van der Waals surface area contributed by atoms with Gasteiger partial charge in [0.15, 0.2) is 5.82 Å². The fourth-order valence-corrected chi connectivity index (χ4v) is 0.682. The maximum absolute atomic E-state index is 12.3. The minimum Gasteiger partial charge on any atom is -0.330 e. The van der Waals surface area contributed by atoms with Crippen LogP contribution in [0.5, 0.6) is 0 Å². The fraction of sp³-hybridized carbons (Fsp3) is 0.429. The Bertz CT molecular complexity index is 222. The quantitative estimate of drug-likeness (QED) is 0.683. The standard InChI is InChI=1S/C7H10FN3/c1-5(2-9)7-10-3-6(8)4-11-7/h3-5H,2,9H2,1H3. The van der Waals surface area contributed by atoms with Crippen LogP contribution in [0.2, 0.25) is 0 Å². The lowest BCUT2D eigenvalue weighted by Crippen LogP contribution is -2.11. The van der Waals surface area contributed by atoms with E-state index in [-0.39, 0.29) is 5.92 Å². The van der Waals surface area contributed by atoms with E-state index in [0.717, 1.165) is 12.4 Å². The number of nitrogens with zero attached hydrogens (tertiary/aromatic N) is 2. The Labute approximate surface area is 64.5 Å². The maximum atomic E-state index is 12.3. The molecule has 0 saturated carbocycles. The number of halogens is 1. The van der Waals surface area contributed by atoms with Crippen LogP contribution < -0.4 is 5.73 Å². The van der Waals surface area contributed by atoms with E-state index in [1.165, 1.54) is 0 Å². The molecule has 0 fully saturated rings. The van der Waals surface area contributed by atoms with Gasteiger partial charge < -0.3 is 5.73 Å². The topological polar surface area (TPSA) is 51.8 Å². The van der Waals surface area contributed by atoms with Crippen LogP contribution in [0.1, 0.15) is 18.7 Å². The lowest BCUT2D eigenvalue weighted by Gasteiger charge is -2.04. The van der Waals surface area contributed by atoms with Crippen molar-refractivity contribution in [1.29, 1.82) is 0 Å². The summed E-state index contributed by atoms with van der Waals surface area (Å²) in [4.78, 5) is 7.57. The van der Waals surface area contributed by atoms with Gasteiger partial charge in [-0.05, 0) is 0 Å². The molecule has 0 amide bonds. The zero-order valence-electron chi connectivity index (χ0n) is 6.29. The van der Waals surface area contributed by atoms with Crippen LogP contribution in [0.4, 0.5) is 4.39 Å². The van der Waals surface area contributed by atoms with Crippen molar-refractivity contribution in [2.75, 3.05) is 6.54 Å². The average Bonchev–Trinajstić information content (AvgIpc) is 2.05. The first-order valence-electron chi connectivity index (χ1n) is 3.41. The highest BCUT2D eigenvalue weighted by Crippen LogP contribution is 2.06. The highest BCUT2D eigenvalue weighted by Gasteiger charge is 2.05. The Balaban J connectivity index is 2.81. The van der Waals surface area contributed by atoms with Crippen LogP contribution in [0.25, 0.3) is 0 Å². The third-order valence-electron chi connectivity index (χ3n) is 1.43. The third-order valence-corrected chi connectivity index (χ3v) is 1.43. The Hall–Kier alpha value is -1.03. The molecule has 1 rings (SSSR count). The van der Waals surface area contributed by atoms with Crippen molar-refractivity contribution in [2.45, 2.75) is 12.8 Å². The normalized spacial score (nSPS) is 13.0. The fourth-order valence-electron chi connectivity index (χ4n) is 0.682. The largest absolute Gasteiger partial charge is 0.330 e. The molecule has 60 valence electrons. The Kier molecular flexibility index (Phi) is 2.48. The van der Waals surface area contributed by atoms with Crippen LogP contribution in [0.15, 0.2) is 12.4 Å². The average molecular weight is 155 g/mol. The minimum atomic E-state index is -0.419. The Morgan fingerprint density at radius 3 is 2.55 bits per heavy atom. The summed E-state index contributed by atoms with van der Waals surface area (Å²) in [6.45, 7) is 2.37. The molecule has 11 heavy (non-hydrogen) atoms. The number of nitrogens with two attached hydrogens (primary N) is 1. The molecule has 0 radical (unpaired) electrons. The Morgan fingerprint density at radius 1 is 1.55 bits per heavy atom. The van der Waals surface area contributed by atoms with Gasteiger partial charge in [-0.3, -0.25) is 0 Å². The Morgan fingerprint density at radius 2 is 2.09 bits per heavy atom. The van der Waals surface area contributed by atoms with Crippen molar-refractivity contribution >= 4 is 0 Å². The van der Waals surface area contributed by atoms with E-state index in [4.69, 9.17) is 5.73 Å². The molecule has 2 N–H and O–H groups in total. The lowest BCUT2D eigenvalue weighted by atomic mass is 10.2. The first-order chi connectivity index (χ1) is 5.24. The van der Waals surface area contributed by atoms with Crippen molar-refractivity contribution in [3.63, 3.8) is 0 Å².